The molecule has 1 aliphatic heterocycles. The zero-order valence-electron chi connectivity index (χ0n) is 21.1. The highest BCUT2D eigenvalue weighted by atomic mass is 32.2. The monoisotopic (exact) mass is 516 g/mol. The summed E-state index contributed by atoms with van der Waals surface area (Å²) in [6.07, 6.45) is 3.51. The maximum absolute atomic E-state index is 11.6. The number of rotatable bonds is 10. The molecular weight excluding hydrogens is 484 g/mol. The topological polar surface area (TPSA) is 76.6 Å². The van der Waals surface area contributed by atoms with Crippen LogP contribution in [0.25, 0.3) is 10.9 Å². The average molecular weight is 517 g/mol. The van der Waals surface area contributed by atoms with Gasteiger partial charge in [-0.2, -0.15) is 0 Å². The Labute approximate surface area is 220 Å². The van der Waals surface area contributed by atoms with E-state index in [-0.39, 0.29) is 0 Å². The van der Waals surface area contributed by atoms with Crippen LogP contribution in [-0.4, -0.2) is 57.3 Å². The molecule has 8 heteroatoms. The zero-order valence-corrected chi connectivity index (χ0v) is 21.9. The fourth-order valence-corrected chi connectivity index (χ4v) is 5.64. The smallest absolute Gasteiger partial charge is 0.141 e. The standard InChI is InChI=1S/C29H32N4O3S/c1-35-28-19-26-27(18-23(28)8-5-13-33-14-16-37(34)17-15-33)30-21-31-29(26)32-24-9-11-25(12-10-24)36-20-22-6-3-2-4-7-22/h2-4,6-7,9-12,18-19,21H,5,8,13-17,20H2,1H3,(H,30,31,32). The van der Waals surface area contributed by atoms with E-state index in [1.165, 1.54) is 0 Å². The third kappa shape index (κ3) is 6.64. The predicted molar refractivity (Wildman–Crippen MR) is 149 cm³/mol. The molecule has 0 spiro atoms. The second-order valence-corrected chi connectivity index (χ2v) is 10.8. The fraction of sp³-hybridized carbons (Fsp3) is 0.310. The van der Waals surface area contributed by atoms with Crippen molar-refractivity contribution in [2.24, 2.45) is 0 Å². The van der Waals surface area contributed by atoms with Gasteiger partial charge < -0.3 is 19.7 Å². The van der Waals surface area contributed by atoms with E-state index < -0.39 is 10.8 Å². The summed E-state index contributed by atoms with van der Waals surface area (Å²) in [5, 5.41) is 4.32. The number of aromatic nitrogens is 2. The number of anilines is 2. The van der Waals surface area contributed by atoms with Gasteiger partial charge in [0.15, 0.2) is 0 Å². The van der Waals surface area contributed by atoms with Crippen LogP contribution in [0.5, 0.6) is 11.5 Å². The summed E-state index contributed by atoms with van der Waals surface area (Å²) in [5.41, 5.74) is 4.07. The molecule has 0 radical (unpaired) electrons. The molecule has 5 rings (SSSR count). The van der Waals surface area contributed by atoms with Crippen LogP contribution in [0.1, 0.15) is 17.5 Å². The lowest BCUT2D eigenvalue weighted by Crippen LogP contribution is -2.38. The Morgan fingerprint density at radius 2 is 1.78 bits per heavy atom. The van der Waals surface area contributed by atoms with Gasteiger partial charge in [0.2, 0.25) is 0 Å². The molecule has 0 atom stereocenters. The Morgan fingerprint density at radius 1 is 1.00 bits per heavy atom. The molecule has 3 aromatic carbocycles. The van der Waals surface area contributed by atoms with E-state index >= 15 is 0 Å². The summed E-state index contributed by atoms with van der Waals surface area (Å²) in [7, 11) is 1.07. The third-order valence-corrected chi connectivity index (χ3v) is 7.87. The number of benzene rings is 3. The first kappa shape index (κ1) is 25.2. The Balaban J connectivity index is 1.24. The van der Waals surface area contributed by atoms with E-state index in [9.17, 15) is 4.21 Å². The third-order valence-electron chi connectivity index (χ3n) is 6.59. The predicted octanol–water partition coefficient (Wildman–Crippen LogP) is 4.96. The van der Waals surface area contributed by atoms with E-state index in [2.05, 4.69) is 38.4 Å². The Hall–Kier alpha value is -3.49. The molecule has 2 heterocycles. The molecule has 4 aromatic rings. The van der Waals surface area contributed by atoms with Crippen molar-refractivity contribution < 1.29 is 13.7 Å². The molecule has 1 saturated heterocycles. The first-order valence-corrected chi connectivity index (χ1v) is 14.1. The van der Waals surface area contributed by atoms with Crippen LogP contribution < -0.4 is 14.8 Å². The number of hydrogen-bond acceptors (Lipinski definition) is 7. The van der Waals surface area contributed by atoms with Crippen LogP contribution in [0, 0.1) is 0 Å². The number of fused-ring (bicyclic) bond motifs is 1. The summed E-state index contributed by atoms with van der Waals surface area (Å²) >= 11 is 0. The molecule has 7 nitrogen and oxygen atoms in total. The van der Waals surface area contributed by atoms with E-state index in [4.69, 9.17) is 9.47 Å². The first-order valence-electron chi connectivity index (χ1n) is 12.6. The second-order valence-electron chi connectivity index (χ2n) is 9.12. The SMILES string of the molecule is COc1cc2c(Nc3ccc(OCc4ccccc4)cc3)ncnc2cc1CCCN1CCS(=O)CC1. The maximum atomic E-state index is 11.6. The van der Waals surface area contributed by atoms with Crippen molar-refractivity contribution in [1.82, 2.24) is 14.9 Å². The second kappa shape index (κ2) is 12.2. The van der Waals surface area contributed by atoms with Crippen LogP contribution in [0.15, 0.2) is 73.1 Å². The van der Waals surface area contributed by atoms with Crippen LogP contribution in [0.2, 0.25) is 0 Å². The number of nitrogens with zero attached hydrogens (tertiary/aromatic N) is 3. The molecule has 1 aliphatic rings. The highest BCUT2D eigenvalue weighted by molar-refractivity contribution is 7.85. The molecule has 192 valence electrons. The van der Waals surface area contributed by atoms with E-state index in [0.29, 0.717) is 6.61 Å². The Morgan fingerprint density at radius 3 is 2.54 bits per heavy atom. The first-order chi connectivity index (χ1) is 18.2. The van der Waals surface area contributed by atoms with Crippen molar-refractivity contribution in [1.29, 1.82) is 0 Å². The molecule has 0 amide bonds. The summed E-state index contributed by atoms with van der Waals surface area (Å²) < 4.78 is 23.2. The molecular formula is C29H32N4O3S. The van der Waals surface area contributed by atoms with Crippen molar-refractivity contribution in [2.45, 2.75) is 19.4 Å². The minimum absolute atomic E-state index is 0.533. The van der Waals surface area contributed by atoms with Crippen molar-refractivity contribution in [3.63, 3.8) is 0 Å². The number of nitrogens with one attached hydrogen (secondary N) is 1. The quantitative estimate of drug-likeness (QED) is 0.319. The van der Waals surface area contributed by atoms with E-state index in [0.717, 1.165) is 89.0 Å². The fourth-order valence-electron chi connectivity index (χ4n) is 4.52. The van der Waals surface area contributed by atoms with Crippen molar-refractivity contribution in [3.05, 3.63) is 84.2 Å². The summed E-state index contributed by atoms with van der Waals surface area (Å²) in [6, 6.07) is 22.1. The van der Waals surface area contributed by atoms with Gasteiger partial charge in [0, 0.05) is 46.5 Å². The van der Waals surface area contributed by atoms with Gasteiger partial charge in [-0.15, -0.1) is 0 Å². The van der Waals surface area contributed by atoms with E-state index in [1.54, 1.807) is 13.4 Å². The number of aryl methyl sites for hydroxylation is 1. The van der Waals surface area contributed by atoms with Gasteiger partial charge in [0.05, 0.1) is 12.6 Å². The molecule has 1 aromatic heterocycles. The summed E-state index contributed by atoms with van der Waals surface area (Å²) in [4.78, 5) is 11.4. The molecule has 1 fully saturated rings. The molecule has 0 saturated carbocycles. The van der Waals surface area contributed by atoms with Gasteiger partial charge in [-0.25, -0.2) is 9.97 Å². The highest BCUT2D eigenvalue weighted by Crippen LogP contribution is 2.31. The molecule has 0 bridgehead atoms. The van der Waals surface area contributed by atoms with Gasteiger partial charge in [-0.1, -0.05) is 30.3 Å². The number of hydrogen-bond donors (Lipinski definition) is 1. The lowest BCUT2D eigenvalue weighted by molar-refractivity contribution is 0.295. The zero-order chi connectivity index (χ0) is 25.5. The normalized spacial score (nSPS) is 14.5. The van der Waals surface area contributed by atoms with Crippen LogP contribution in [0.3, 0.4) is 0 Å². The Kier molecular flexibility index (Phi) is 8.28. The molecule has 0 aliphatic carbocycles. The average Bonchev–Trinajstić information content (AvgIpc) is 2.94. The van der Waals surface area contributed by atoms with E-state index in [1.807, 2.05) is 48.5 Å². The van der Waals surface area contributed by atoms with Crippen molar-refractivity contribution in [3.8, 4) is 11.5 Å². The minimum atomic E-state index is -0.638. The summed E-state index contributed by atoms with van der Waals surface area (Å²) in [5.74, 6) is 3.96. The summed E-state index contributed by atoms with van der Waals surface area (Å²) in [6.45, 7) is 3.37. The molecule has 0 unspecified atom stereocenters. The number of ether oxygens (including phenoxy) is 2. The van der Waals surface area contributed by atoms with Crippen LogP contribution >= 0.6 is 0 Å². The largest absolute Gasteiger partial charge is 0.496 e. The van der Waals surface area contributed by atoms with Crippen LogP contribution in [-0.2, 0) is 23.8 Å². The van der Waals surface area contributed by atoms with Gasteiger partial charge in [0.1, 0.15) is 30.3 Å². The molecule has 37 heavy (non-hydrogen) atoms. The maximum Gasteiger partial charge on any atom is 0.141 e. The van der Waals surface area contributed by atoms with Gasteiger partial charge in [-0.3, -0.25) is 4.21 Å². The van der Waals surface area contributed by atoms with Crippen molar-refractivity contribution in [2.75, 3.05) is 43.6 Å². The van der Waals surface area contributed by atoms with Gasteiger partial charge in [-0.05, 0) is 66.9 Å². The minimum Gasteiger partial charge on any atom is -0.496 e. The lowest BCUT2D eigenvalue weighted by atomic mass is 10.1. The van der Waals surface area contributed by atoms with Crippen molar-refractivity contribution >= 4 is 33.2 Å². The van der Waals surface area contributed by atoms with Gasteiger partial charge >= 0.3 is 0 Å². The number of methoxy groups -OCH3 is 1. The van der Waals surface area contributed by atoms with Gasteiger partial charge in [0.25, 0.3) is 0 Å². The highest BCUT2D eigenvalue weighted by Gasteiger charge is 2.16. The van der Waals surface area contributed by atoms with Crippen LogP contribution in [0.4, 0.5) is 11.5 Å². The molecule has 1 N–H and O–H groups in total. The lowest BCUT2D eigenvalue weighted by Gasteiger charge is -2.26. The Bertz CT molecular complexity index is 1340.